The van der Waals surface area contributed by atoms with Gasteiger partial charge in [0.15, 0.2) is 0 Å². The first-order chi connectivity index (χ1) is 11.1. The molecule has 1 aliphatic heterocycles. The molecular formula is C16H25N3O4. The van der Waals surface area contributed by atoms with Crippen molar-refractivity contribution in [3.8, 4) is 0 Å². The second-order valence-corrected chi connectivity index (χ2v) is 6.03. The van der Waals surface area contributed by atoms with E-state index in [0.717, 1.165) is 0 Å². The van der Waals surface area contributed by atoms with Crippen molar-refractivity contribution in [3.63, 3.8) is 0 Å². The standard InChI is InChI=1S/C16H25N3O4/c1-12(2)10-14(15(20)17-11-13-4-3-7-23-13)18-16(21)19-5-8-22-9-6-19/h3-4,7,12,14H,5-6,8-11H2,1-2H3,(H,17,20)(H,18,21)/t14-/m0/s1. The van der Waals surface area contributed by atoms with Crippen LogP contribution in [0.25, 0.3) is 0 Å². The summed E-state index contributed by atoms with van der Waals surface area (Å²) in [7, 11) is 0. The average molecular weight is 323 g/mol. The highest BCUT2D eigenvalue weighted by atomic mass is 16.5. The van der Waals surface area contributed by atoms with Crippen molar-refractivity contribution in [2.24, 2.45) is 5.92 Å². The topological polar surface area (TPSA) is 83.8 Å². The van der Waals surface area contributed by atoms with Crippen molar-refractivity contribution in [1.82, 2.24) is 15.5 Å². The van der Waals surface area contributed by atoms with E-state index in [1.807, 2.05) is 13.8 Å². The number of carbonyl (C=O) groups is 2. The van der Waals surface area contributed by atoms with Gasteiger partial charge in [-0.25, -0.2) is 4.79 Å². The van der Waals surface area contributed by atoms with Crippen LogP contribution in [0.1, 0.15) is 26.0 Å². The summed E-state index contributed by atoms with van der Waals surface area (Å²) >= 11 is 0. The van der Waals surface area contributed by atoms with Crippen LogP contribution in [0.3, 0.4) is 0 Å². The van der Waals surface area contributed by atoms with E-state index < -0.39 is 6.04 Å². The Labute approximate surface area is 136 Å². The molecule has 2 N–H and O–H groups in total. The van der Waals surface area contributed by atoms with Crippen molar-refractivity contribution in [1.29, 1.82) is 0 Å². The number of ether oxygens (including phenoxy) is 1. The second kappa shape index (κ2) is 8.57. The zero-order chi connectivity index (χ0) is 16.7. The number of nitrogens with one attached hydrogen (secondary N) is 2. The smallest absolute Gasteiger partial charge is 0.318 e. The number of hydrogen-bond donors (Lipinski definition) is 2. The lowest BCUT2D eigenvalue weighted by molar-refractivity contribution is -0.123. The van der Waals surface area contributed by atoms with Gasteiger partial charge < -0.3 is 24.7 Å². The molecule has 1 aliphatic rings. The van der Waals surface area contributed by atoms with Gasteiger partial charge >= 0.3 is 6.03 Å². The Morgan fingerprint density at radius 3 is 2.65 bits per heavy atom. The fraction of sp³-hybridized carbons (Fsp3) is 0.625. The molecule has 0 radical (unpaired) electrons. The molecular weight excluding hydrogens is 298 g/mol. The molecule has 2 heterocycles. The molecule has 0 spiro atoms. The minimum absolute atomic E-state index is 0.197. The van der Waals surface area contributed by atoms with Gasteiger partial charge in [-0.2, -0.15) is 0 Å². The van der Waals surface area contributed by atoms with Gasteiger partial charge in [-0.05, 0) is 24.5 Å². The third-order valence-electron chi connectivity index (χ3n) is 3.64. The summed E-state index contributed by atoms with van der Waals surface area (Å²) in [6.07, 6.45) is 2.15. The molecule has 2 rings (SSSR count). The normalized spacial score (nSPS) is 16.2. The number of carbonyl (C=O) groups excluding carboxylic acids is 2. The first-order valence-corrected chi connectivity index (χ1v) is 7.99. The molecule has 0 aromatic carbocycles. The third kappa shape index (κ3) is 5.59. The molecule has 23 heavy (non-hydrogen) atoms. The van der Waals surface area contributed by atoms with Crippen molar-refractivity contribution in [2.45, 2.75) is 32.9 Å². The molecule has 1 fully saturated rings. The van der Waals surface area contributed by atoms with Crippen LogP contribution in [0.15, 0.2) is 22.8 Å². The third-order valence-corrected chi connectivity index (χ3v) is 3.64. The fourth-order valence-corrected chi connectivity index (χ4v) is 2.42. The zero-order valence-corrected chi connectivity index (χ0v) is 13.7. The maximum Gasteiger partial charge on any atom is 0.318 e. The largest absolute Gasteiger partial charge is 0.467 e. The molecule has 0 saturated carbocycles. The van der Waals surface area contributed by atoms with Crippen molar-refractivity contribution >= 4 is 11.9 Å². The Kier molecular flexibility index (Phi) is 6.46. The number of amides is 3. The lowest BCUT2D eigenvalue weighted by Crippen LogP contribution is -2.53. The van der Waals surface area contributed by atoms with Gasteiger partial charge in [0.2, 0.25) is 5.91 Å². The van der Waals surface area contributed by atoms with Gasteiger partial charge in [0, 0.05) is 13.1 Å². The summed E-state index contributed by atoms with van der Waals surface area (Å²) in [6, 6.07) is 2.80. The monoisotopic (exact) mass is 323 g/mol. The highest BCUT2D eigenvalue weighted by Crippen LogP contribution is 2.07. The first-order valence-electron chi connectivity index (χ1n) is 7.99. The number of nitrogens with zero attached hydrogens (tertiary/aromatic N) is 1. The minimum atomic E-state index is -0.555. The summed E-state index contributed by atoms with van der Waals surface area (Å²) in [6.45, 7) is 6.53. The second-order valence-electron chi connectivity index (χ2n) is 6.03. The van der Waals surface area contributed by atoms with E-state index in [2.05, 4.69) is 10.6 Å². The lowest BCUT2D eigenvalue weighted by Gasteiger charge is -2.29. The van der Waals surface area contributed by atoms with Crippen molar-refractivity contribution in [3.05, 3.63) is 24.2 Å². The van der Waals surface area contributed by atoms with Gasteiger partial charge in [0.05, 0.1) is 26.0 Å². The number of furan rings is 1. The van der Waals surface area contributed by atoms with Gasteiger partial charge in [-0.1, -0.05) is 13.8 Å². The van der Waals surface area contributed by atoms with E-state index in [4.69, 9.17) is 9.15 Å². The van der Waals surface area contributed by atoms with E-state index in [1.165, 1.54) is 0 Å². The van der Waals surface area contributed by atoms with Crippen LogP contribution in [0.2, 0.25) is 0 Å². The van der Waals surface area contributed by atoms with Gasteiger partial charge in [-0.3, -0.25) is 4.79 Å². The van der Waals surface area contributed by atoms with Gasteiger partial charge in [0.25, 0.3) is 0 Å². The van der Waals surface area contributed by atoms with Crippen LogP contribution >= 0.6 is 0 Å². The molecule has 1 aromatic heterocycles. The van der Waals surface area contributed by atoms with E-state index in [-0.39, 0.29) is 11.9 Å². The van der Waals surface area contributed by atoms with Crippen molar-refractivity contribution in [2.75, 3.05) is 26.3 Å². The van der Waals surface area contributed by atoms with E-state index in [1.54, 1.807) is 23.3 Å². The van der Waals surface area contributed by atoms with Crippen LogP contribution in [0, 0.1) is 5.92 Å². The highest BCUT2D eigenvalue weighted by molar-refractivity contribution is 5.87. The zero-order valence-electron chi connectivity index (χ0n) is 13.7. The molecule has 7 heteroatoms. The number of rotatable bonds is 6. The predicted molar refractivity (Wildman–Crippen MR) is 84.7 cm³/mol. The summed E-state index contributed by atoms with van der Waals surface area (Å²) in [5.74, 6) is 0.775. The molecule has 1 saturated heterocycles. The molecule has 1 aromatic rings. The van der Waals surface area contributed by atoms with E-state index in [9.17, 15) is 9.59 Å². The Morgan fingerprint density at radius 2 is 2.04 bits per heavy atom. The molecule has 7 nitrogen and oxygen atoms in total. The average Bonchev–Trinajstić information content (AvgIpc) is 3.05. The lowest BCUT2D eigenvalue weighted by atomic mass is 10.0. The predicted octanol–water partition coefficient (Wildman–Crippen LogP) is 1.35. The molecule has 128 valence electrons. The maximum absolute atomic E-state index is 12.4. The molecule has 3 amide bonds. The Bertz CT molecular complexity index is 495. The molecule has 0 aliphatic carbocycles. The molecule has 1 atom stereocenters. The highest BCUT2D eigenvalue weighted by Gasteiger charge is 2.25. The number of urea groups is 1. The Hall–Kier alpha value is -2.02. The van der Waals surface area contributed by atoms with Crippen LogP contribution in [-0.4, -0.2) is 49.2 Å². The van der Waals surface area contributed by atoms with Crippen molar-refractivity contribution < 1.29 is 18.7 Å². The first kappa shape index (κ1) is 17.3. The summed E-state index contributed by atoms with van der Waals surface area (Å²) in [5, 5.41) is 5.64. The summed E-state index contributed by atoms with van der Waals surface area (Å²) < 4.78 is 10.4. The van der Waals surface area contributed by atoms with Crippen LogP contribution in [0.4, 0.5) is 4.79 Å². The number of hydrogen-bond acceptors (Lipinski definition) is 4. The SMILES string of the molecule is CC(C)C[C@H](NC(=O)N1CCOCC1)C(=O)NCc1ccco1. The Balaban J connectivity index is 1.89. The van der Waals surface area contributed by atoms with E-state index in [0.29, 0.717) is 50.9 Å². The molecule has 0 bridgehead atoms. The van der Waals surface area contributed by atoms with Gasteiger partial charge in [0.1, 0.15) is 11.8 Å². The number of morpholine rings is 1. The summed E-state index contributed by atoms with van der Waals surface area (Å²) in [5.41, 5.74) is 0. The molecule has 0 unspecified atom stereocenters. The fourth-order valence-electron chi connectivity index (χ4n) is 2.42. The van der Waals surface area contributed by atoms with Gasteiger partial charge in [-0.15, -0.1) is 0 Å². The maximum atomic E-state index is 12.4. The quantitative estimate of drug-likeness (QED) is 0.828. The summed E-state index contributed by atoms with van der Waals surface area (Å²) in [4.78, 5) is 26.3. The minimum Gasteiger partial charge on any atom is -0.467 e. The Morgan fingerprint density at radius 1 is 1.30 bits per heavy atom. The van der Waals surface area contributed by atoms with Crippen LogP contribution in [0.5, 0.6) is 0 Å². The van der Waals surface area contributed by atoms with E-state index >= 15 is 0 Å². The van der Waals surface area contributed by atoms with Crippen LogP contribution < -0.4 is 10.6 Å². The van der Waals surface area contributed by atoms with Crippen LogP contribution in [-0.2, 0) is 16.1 Å².